The molecule has 0 radical (unpaired) electrons. The Balaban J connectivity index is 1.62. The van der Waals surface area contributed by atoms with Crippen LogP contribution in [0.4, 0.5) is 5.69 Å². The number of halogens is 2. The molecule has 3 atom stereocenters. The summed E-state index contributed by atoms with van der Waals surface area (Å²) in [4.78, 5) is 22.8. The lowest BCUT2D eigenvalue weighted by Crippen LogP contribution is -2.42. The molecule has 5 nitrogen and oxygen atoms in total. The second-order valence-corrected chi connectivity index (χ2v) is 9.88. The number of rotatable bonds is 5. The number of benzene rings is 3. The van der Waals surface area contributed by atoms with Gasteiger partial charge in [-0.05, 0) is 78.9 Å². The average molecular weight is 511 g/mol. The minimum atomic E-state index is -0.468. The maximum absolute atomic E-state index is 14.1. The van der Waals surface area contributed by atoms with Crippen LogP contribution in [0.2, 0.25) is 10.0 Å². The number of methoxy groups -OCH3 is 1. The van der Waals surface area contributed by atoms with E-state index in [0.29, 0.717) is 10.0 Å². The lowest BCUT2D eigenvalue weighted by molar-refractivity contribution is -0.138. The second kappa shape index (κ2) is 10.5. The molecule has 182 valence electrons. The van der Waals surface area contributed by atoms with E-state index in [1.54, 1.807) is 7.11 Å². The summed E-state index contributed by atoms with van der Waals surface area (Å²) < 4.78 is 5.38. The number of ether oxygens (including phenoxy) is 1. The molecule has 0 unspecified atom stereocenters. The molecule has 3 aromatic carbocycles. The van der Waals surface area contributed by atoms with E-state index in [2.05, 4.69) is 0 Å². The van der Waals surface area contributed by atoms with Gasteiger partial charge in [0, 0.05) is 23.1 Å². The molecule has 35 heavy (non-hydrogen) atoms. The van der Waals surface area contributed by atoms with Crippen molar-refractivity contribution in [3.05, 3.63) is 94.0 Å². The standard InChI is InChI=1S/C28H28Cl2N2O3/c1-34-24-15-7-19(8-16-24)26-25(28(33)31-17-3-2-4-18-31)27(20-5-9-21(29)10-6-20)35-32(26)23-13-11-22(30)12-14-23/h5-16,25-27H,2-4,17-18H2,1H3/t25-,26-,27+/m1/s1. The van der Waals surface area contributed by atoms with Crippen molar-refractivity contribution in [2.24, 2.45) is 5.92 Å². The van der Waals surface area contributed by atoms with Gasteiger partial charge >= 0.3 is 0 Å². The second-order valence-electron chi connectivity index (χ2n) is 9.01. The zero-order valence-electron chi connectivity index (χ0n) is 19.6. The molecule has 0 aliphatic carbocycles. The first-order valence-electron chi connectivity index (χ1n) is 11.9. The van der Waals surface area contributed by atoms with Gasteiger partial charge in [-0.2, -0.15) is 0 Å². The maximum atomic E-state index is 14.1. The topological polar surface area (TPSA) is 42.0 Å². The third-order valence-electron chi connectivity index (χ3n) is 6.84. The number of hydrogen-bond donors (Lipinski definition) is 0. The van der Waals surface area contributed by atoms with Crippen molar-refractivity contribution in [1.82, 2.24) is 4.90 Å². The number of piperidine rings is 1. The quantitative estimate of drug-likeness (QED) is 0.375. The molecule has 2 saturated heterocycles. The minimum absolute atomic E-state index is 0.113. The Morgan fingerprint density at radius 2 is 1.40 bits per heavy atom. The van der Waals surface area contributed by atoms with Crippen LogP contribution in [-0.4, -0.2) is 31.0 Å². The number of hydrogen-bond acceptors (Lipinski definition) is 4. The fourth-order valence-corrected chi connectivity index (χ4v) is 5.28. The van der Waals surface area contributed by atoms with Crippen molar-refractivity contribution < 1.29 is 14.4 Å². The largest absolute Gasteiger partial charge is 0.497 e. The van der Waals surface area contributed by atoms with Gasteiger partial charge < -0.3 is 9.64 Å². The summed E-state index contributed by atoms with van der Waals surface area (Å²) in [6.45, 7) is 1.55. The molecule has 2 aliphatic rings. The van der Waals surface area contributed by atoms with Gasteiger partial charge in [0.1, 0.15) is 11.9 Å². The lowest BCUT2D eigenvalue weighted by atomic mass is 9.84. The van der Waals surface area contributed by atoms with Crippen molar-refractivity contribution in [2.45, 2.75) is 31.4 Å². The van der Waals surface area contributed by atoms with E-state index in [4.69, 9.17) is 32.8 Å². The predicted molar refractivity (Wildman–Crippen MR) is 139 cm³/mol. The third kappa shape index (κ3) is 4.99. The first-order chi connectivity index (χ1) is 17.0. The van der Waals surface area contributed by atoms with Gasteiger partial charge in [0.15, 0.2) is 0 Å². The van der Waals surface area contributed by atoms with Crippen LogP contribution in [0.25, 0.3) is 0 Å². The molecular weight excluding hydrogens is 483 g/mol. The Bertz CT molecular complexity index is 1150. The van der Waals surface area contributed by atoms with Crippen molar-refractivity contribution in [2.75, 3.05) is 25.3 Å². The van der Waals surface area contributed by atoms with Gasteiger partial charge in [-0.3, -0.25) is 9.63 Å². The average Bonchev–Trinajstić information content (AvgIpc) is 3.30. The molecule has 7 heteroatoms. The van der Waals surface area contributed by atoms with Gasteiger partial charge in [0.25, 0.3) is 0 Å². The molecule has 2 fully saturated rings. The summed E-state index contributed by atoms with van der Waals surface area (Å²) in [6.07, 6.45) is 2.74. The highest BCUT2D eigenvalue weighted by atomic mass is 35.5. The summed E-state index contributed by atoms with van der Waals surface area (Å²) in [5, 5.41) is 3.15. The molecule has 0 bridgehead atoms. The van der Waals surface area contributed by atoms with E-state index < -0.39 is 12.0 Å². The summed E-state index contributed by atoms with van der Waals surface area (Å²) in [7, 11) is 1.65. The first kappa shape index (κ1) is 24.0. The van der Waals surface area contributed by atoms with Crippen LogP contribution in [0, 0.1) is 5.92 Å². The first-order valence-corrected chi connectivity index (χ1v) is 12.7. The molecule has 3 aromatic rings. The number of nitrogens with zero attached hydrogens (tertiary/aromatic N) is 2. The molecule has 0 spiro atoms. The Hall–Kier alpha value is -2.73. The highest BCUT2D eigenvalue weighted by molar-refractivity contribution is 6.30. The molecule has 0 N–H and O–H groups in total. The van der Waals surface area contributed by atoms with Gasteiger partial charge in [0.05, 0.1) is 24.8 Å². The molecule has 2 heterocycles. The van der Waals surface area contributed by atoms with E-state index in [1.165, 1.54) is 0 Å². The Kier molecular flexibility index (Phi) is 7.19. The fourth-order valence-electron chi connectivity index (χ4n) is 5.03. The van der Waals surface area contributed by atoms with E-state index in [-0.39, 0.29) is 11.9 Å². The number of anilines is 1. The van der Waals surface area contributed by atoms with E-state index >= 15 is 0 Å². The lowest BCUT2D eigenvalue weighted by Gasteiger charge is -2.33. The predicted octanol–water partition coefficient (Wildman–Crippen LogP) is 6.86. The zero-order chi connectivity index (χ0) is 24.4. The molecule has 5 rings (SSSR count). The van der Waals surface area contributed by atoms with Crippen molar-refractivity contribution in [3.8, 4) is 5.75 Å². The third-order valence-corrected chi connectivity index (χ3v) is 7.34. The van der Waals surface area contributed by atoms with Crippen molar-refractivity contribution >= 4 is 34.8 Å². The summed E-state index contributed by atoms with van der Waals surface area (Å²) in [6, 6.07) is 22.6. The molecule has 0 aromatic heterocycles. The number of amides is 1. The van der Waals surface area contributed by atoms with E-state index in [0.717, 1.165) is 54.9 Å². The molecule has 0 saturated carbocycles. The number of likely N-dealkylation sites (tertiary alicyclic amines) is 1. The fraction of sp³-hybridized carbons (Fsp3) is 0.321. The highest BCUT2D eigenvalue weighted by Gasteiger charge is 2.50. The Morgan fingerprint density at radius 1 is 0.829 bits per heavy atom. The molecule has 2 aliphatic heterocycles. The number of carbonyl (C=O) groups excluding carboxylic acids is 1. The van der Waals surface area contributed by atoms with Crippen LogP contribution in [0.3, 0.4) is 0 Å². The van der Waals surface area contributed by atoms with E-state index in [1.807, 2.05) is 82.8 Å². The zero-order valence-corrected chi connectivity index (χ0v) is 21.1. The van der Waals surface area contributed by atoms with Crippen LogP contribution in [0.15, 0.2) is 72.8 Å². The van der Waals surface area contributed by atoms with Crippen LogP contribution in [0.1, 0.15) is 42.5 Å². The van der Waals surface area contributed by atoms with Crippen LogP contribution in [-0.2, 0) is 9.63 Å². The Labute approximate surface area is 216 Å². The Morgan fingerprint density at radius 3 is 2.00 bits per heavy atom. The van der Waals surface area contributed by atoms with Gasteiger partial charge in [-0.1, -0.05) is 47.5 Å². The summed E-state index contributed by atoms with van der Waals surface area (Å²) in [5.74, 6) is 0.430. The van der Waals surface area contributed by atoms with Crippen LogP contribution < -0.4 is 9.80 Å². The van der Waals surface area contributed by atoms with Gasteiger partial charge in [0.2, 0.25) is 5.91 Å². The minimum Gasteiger partial charge on any atom is -0.497 e. The number of carbonyl (C=O) groups is 1. The SMILES string of the molecule is COc1ccc([C@@H]2[C@@H](C(=O)N3CCCCC3)[C@H](c3ccc(Cl)cc3)ON2c2ccc(Cl)cc2)cc1. The summed E-state index contributed by atoms with van der Waals surface area (Å²) in [5.41, 5.74) is 2.73. The van der Waals surface area contributed by atoms with Crippen molar-refractivity contribution in [1.29, 1.82) is 0 Å². The van der Waals surface area contributed by atoms with Crippen LogP contribution >= 0.6 is 23.2 Å². The molecule has 1 amide bonds. The van der Waals surface area contributed by atoms with Gasteiger partial charge in [-0.15, -0.1) is 0 Å². The monoisotopic (exact) mass is 510 g/mol. The number of hydroxylamine groups is 1. The highest BCUT2D eigenvalue weighted by Crippen LogP contribution is 2.50. The molecular formula is C28H28Cl2N2O3. The van der Waals surface area contributed by atoms with Crippen molar-refractivity contribution in [3.63, 3.8) is 0 Å². The summed E-state index contributed by atoms with van der Waals surface area (Å²) >= 11 is 12.4. The van der Waals surface area contributed by atoms with Crippen LogP contribution in [0.5, 0.6) is 5.75 Å². The van der Waals surface area contributed by atoms with E-state index in [9.17, 15) is 4.79 Å². The maximum Gasteiger partial charge on any atom is 0.231 e. The van der Waals surface area contributed by atoms with Gasteiger partial charge in [-0.25, -0.2) is 5.06 Å². The normalized spacial score (nSPS) is 22.3. The smallest absolute Gasteiger partial charge is 0.231 e.